The number of piperazine rings is 1. The van der Waals surface area contributed by atoms with Crippen LogP contribution in [-0.2, 0) is 0 Å². The van der Waals surface area contributed by atoms with E-state index in [4.69, 9.17) is 5.73 Å². The van der Waals surface area contributed by atoms with Gasteiger partial charge in [-0.1, -0.05) is 12.1 Å². The molecule has 0 spiro atoms. The third-order valence-electron chi connectivity index (χ3n) is 4.42. The lowest BCUT2D eigenvalue weighted by atomic mass is 10.1. The number of benzene rings is 2. The zero-order valence-corrected chi connectivity index (χ0v) is 14.3. The van der Waals surface area contributed by atoms with Gasteiger partial charge in [0, 0.05) is 44.1 Å². The number of halogens is 1. The van der Waals surface area contributed by atoms with Crippen LogP contribution < -0.4 is 20.9 Å². The fourth-order valence-electron chi connectivity index (χ4n) is 3.16. The first-order valence-electron chi connectivity index (χ1n) is 8.52. The number of carbonyl (C=O) groups excluding carboxylic acids is 1. The van der Waals surface area contributed by atoms with Gasteiger partial charge in [0.1, 0.15) is 5.82 Å². The molecule has 6 heteroatoms. The average molecular weight is 342 g/mol. The first-order valence-corrected chi connectivity index (χ1v) is 8.52. The van der Waals surface area contributed by atoms with Gasteiger partial charge in [0.2, 0.25) is 0 Å². The van der Waals surface area contributed by atoms with E-state index in [2.05, 4.69) is 10.2 Å². The van der Waals surface area contributed by atoms with E-state index in [-0.39, 0.29) is 11.7 Å². The second kappa shape index (κ2) is 7.42. The molecule has 1 aliphatic heterocycles. The Balaban J connectivity index is 1.77. The Hall–Kier alpha value is -2.76. The molecule has 3 N–H and O–H groups in total. The molecule has 0 radical (unpaired) electrons. The Labute approximate surface area is 147 Å². The molecular weight excluding hydrogens is 319 g/mol. The lowest BCUT2D eigenvalue weighted by Gasteiger charge is -2.38. The number of hydrogen-bond donors (Lipinski definition) is 2. The summed E-state index contributed by atoms with van der Waals surface area (Å²) >= 11 is 0. The zero-order chi connectivity index (χ0) is 17.8. The number of amides is 1. The number of nitrogens with one attached hydrogen (secondary N) is 1. The molecule has 0 saturated carbocycles. The summed E-state index contributed by atoms with van der Waals surface area (Å²) in [6.07, 6.45) is 0. The van der Waals surface area contributed by atoms with Crippen molar-refractivity contribution in [2.75, 3.05) is 48.3 Å². The maximum atomic E-state index is 14.0. The number of nitrogen functional groups attached to an aromatic ring is 1. The van der Waals surface area contributed by atoms with Crippen LogP contribution >= 0.6 is 0 Å². The topological polar surface area (TPSA) is 61.6 Å². The van der Waals surface area contributed by atoms with E-state index in [0.717, 1.165) is 5.69 Å². The summed E-state index contributed by atoms with van der Waals surface area (Å²) in [4.78, 5) is 16.5. The summed E-state index contributed by atoms with van der Waals surface area (Å²) < 4.78 is 14.0. The minimum atomic E-state index is -0.202. The number of para-hydroxylation sites is 1. The summed E-state index contributed by atoms with van der Waals surface area (Å²) in [5, 5.41) is 2.83. The molecular formula is C19H23FN4O. The van der Waals surface area contributed by atoms with Gasteiger partial charge in [0.15, 0.2) is 0 Å². The van der Waals surface area contributed by atoms with Crippen molar-refractivity contribution < 1.29 is 9.18 Å². The first-order chi connectivity index (χ1) is 12.1. The lowest BCUT2D eigenvalue weighted by Crippen LogP contribution is -2.47. The van der Waals surface area contributed by atoms with Crippen molar-refractivity contribution in [1.29, 1.82) is 0 Å². The molecule has 0 unspecified atom stereocenters. The summed E-state index contributed by atoms with van der Waals surface area (Å²) in [5.74, 6) is -0.326. The molecule has 0 atom stereocenters. The Morgan fingerprint density at radius 2 is 1.72 bits per heavy atom. The minimum Gasteiger partial charge on any atom is -0.399 e. The fraction of sp³-hybridized carbons (Fsp3) is 0.316. The van der Waals surface area contributed by atoms with E-state index in [9.17, 15) is 9.18 Å². The second-order valence-corrected chi connectivity index (χ2v) is 6.06. The van der Waals surface area contributed by atoms with Crippen molar-refractivity contribution in [3.05, 3.63) is 53.8 Å². The van der Waals surface area contributed by atoms with E-state index >= 15 is 0 Å². The largest absolute Gasteiger partial charge is 0.399 e. The van der Waals surface area contributed by atoms with E-state index < -0.39 is 0 Å². The summed E-state index contributed by atoms with van der Waals surface area (Å²) in [6.45, 7) is 5.26. The molecule has 1 heterocycles. The van der Waals surface area contributed by atoms with Crippen LogP contribution in [0.5, 0.6) is 0 Å². The van der Waals surface area contributed by atoms with Gasteiger partial charge < -0.3 is 20.9 Å². The monoisotopic (exact) mass is 342 g/mol. The van der Waals surface area contributed by atoms with Crippen molar-refractivity contribution in [3.8, 4) is 0 Å². The van der Waals surface area contributed by atoms with Crippen molar-refractivity contribution >= 4 is 23.0 Å². The standard InChI is InChI=1S/C19H23FN4O/c1-2-22-19(25)15-13-14(21)7-8-17(15)23-9-11-24(12-10-23)18-6-4-3-5-16(18)20/h3-8,13H,2,9-12,21H2,1H3,(H,22,25). The lowest BCUT2D eigenvalue weighted by molar-refractivity contribution is 0.0956. The van der Waals surface area contributed by atoms with E-state index in [1.54, 1.807) is 24.3 Å². The van der Waals surface area contributed by atoms with Crippen LogP contribution in [0.25, 0.3) is 0 Å². The Kier molecular flexibility index (Phi) is 5.07. The third-order valence-corrected chi connectivity index (χ3v) is 4.42. The Morgan fingerprint density at radius 1 is 1.08 bits per heavy atom. The predicted octanol–water partition coefficient (Wildman–Crippen LogP) is 2.48. The summed E-state index contributed by atoms with van der Waals surface area (Å²) in [6, 6.07) is 12.2. The molecule has 1 amide bonds. The molecule has 0 aliphatic carbocycles. The Bertz CT molecular complexity index is 757. The number of hydrogen-bond acceptors (Lipinski definition) is 4. The SMILES string of the molecule is CCNC(=O)c1cc(N)ccc1N1CCN(c2ccccc2F)CC1. The quantitative estimate of drug-likeness (QED) is 0.838. The van der Waals surface area contributed by atoms with Crippen LogP contribution in [-0.4, -0.2) is 38.6 Å². The number of rotatable bonds is 4. The van der Waals surface area contributed by atoms with Crippen LogP contribution in [0.1, 0.15) is 17.3 Å². The summed E-state index contributed by atoms with van der Waals surface area (Å²) in [7, 11) is 0. The molecule has 2 aromatic rings. The number of nitrogens with two attached hydrogens (primary N) is 1. The predicted molar refractivity (Wildman–Crippen MR) is 99.7 cm³/mol. The van der Waals surface area contributed by atoms with Crippen LogP contribution in [0.2, 0.25) is 0 Å². The molecule has 0 bridgehead atoms. The van der Waals surface area contributed by atoms with Gasteiger partial charge in [-0.05, 0) is 37.3 Å². The zero-order valence-electron chi connectivity index (χ0n) is 14.3. The van der Waals surface area contributed by atoms with Crippen LogP contribution in [0.4, 0.5) is 21.5 Å². The fourth-order valence-corrected chi connectivity index (χ4v) is 3.16. The van der Waals surface area contributed by atoms with E-state index in [0.29, 0.717) is 49.7 Å². The number of anilines is 3. The highest BCUT2D eigenvalue weighted by Gasteiger charge is 2.23. The number of nitrogens with zero attached hydrogens (tertiary/aromatic N) is 2. The molecule has 3 rings (SSSR count). The molecule has 2 aromatic carbocycles. The minimum absolute atomic E-state index is 0.124. The maximum absolute atomic E-state index is 14.0. The van der Waals surface area contributed by atoms with Crippen LogP contribution in [0, 0.1) is 5.82 Å². The van der Waals surface area contributed by atoms with Crippen molar-refractivity contribution in [2.24, 2.45) is 0 Å². The van der Waals surface area contributed by atoms with Gasteiger partial charge in [-0.3, -0.25) is 4.79 Å². The van der Waals surface area contributed by atoms with Crippen LogP contribution in [0.3, 0.4) is 0 Å². The van der Waals surface area contributed by atoms with E-state index in [1.165, 1.54) is 6.07 Å². The average Bonchev–Trinajstić information content (AvgIpc) is 2.62. The van der Waals surface area contributed by atoms with E-state index in [1.807, 2.05) is 24.0 Å². The van der Waals surface area contributed by atoms with Gasteiger partial charge in [-0.15, -0.1) is 0 Å². The molecule has 1 aliphatic rings. The molecule has 1 saturated heterocycles. The van der Waals surface area contributed by atoms with Crippen molar-refractivity contribution in [1.82, 2.24) is 5.32 Å². The molecule has 1 fully saturated rings. The van der Waals surface area contributed by atoms with Gasteiger partial charge in [-0.25, -0.2) is 4.39 Å². The highest BCUT2D eigenvalue weighted by atomic mass is 19.1. The smallest absolute Gasteiger partial charge is 0.253 e. The van der Waals surface area contributed by atoms with Gasteiger partial charge in [-0.2, -0.15) is 0 Å². The summed E-state index contributed by atoms with van der Waals surface area (Å²) in [5.41, 5.74) is 8.50. The Morgan fingerprint density at radius 3 is 2.36 bits per heavy atom. The first kappa shape index (κ1) is 17.1. The van der Waals surface area contributed by atoms with Crippen molar-refractivity contribution in [2.45, 2.75) is 6.92 Å². The van der Waals surface area contributed by atoms with Gasteiger partial charge in [0.25, 0.3) is 5.91 Å². The van der Waals surface area contributed by atoms with Crippen molar-refractivity contribution in [3.63, 3.8) is 0 Å². The molecule has 0 aromatic heterocycles. The third kappa shape index (κ3) is 3.68. The molecule has 25 heavy (non-hydrogen) atoms. The maximum Gasteiger partial charge on any atom is 0.253 e. The second-order valence-electron chi connectivity index (χ2n) is 6.06. The highest BCUT2D eigenvalue weighted by molar-refractivity contribution is 6.00. The highest BCUT2D eigenvalue weighted by Crippen LogP contribution is 2.26. The molecule has 132 valence electrons. The normalized spacial score (nSPS) is 14.5. The van der Waals surface area contributed by atoms with Crippen LogP contribution in [0.15, 0.2) is 42.5 Å². The number of carbonyl (C=O) groups is 1. The molecule has 5 nitrogen and oxygen atoms in total. The van der Waals surface area contributed by atoms with Gasteiger partial charge in [0.05, 0.1) is 11.3 Å². The van der Waals surface area contributed by atoms with Gasteiger partial charge >= 0.3 is 0 Å².